The summed E-state index contributed by atoms with van der Waals surface area (Å²) in [6.07, 6.45) is 0. The van der Waals surface area contributed by atoms with Gasteiger partial charge in [0.25, 0.3) is 0 Å². The zero-order chi connectivity index (χ0) is 14.7. The summed E-state index contributed by atoms with van der Waals surface area (Å²) in [6, 6.07) is 23.7. The molecule has 0 fully saturated rings. The van der Waals surface area contributed by atoms with Gasteiger partial charge in [0.1, 0.15) is 5.75 Å². The predicted molar refractivity (Wildman–Crippen MR) is 86.9 cm³/mol. The van der Waals surface area contributed by atoms with Crippen LogP contribution in [0.3, 0.4) is 0 Å². The molecule has 3 N–H and O–H groups in total. The Bertz CT molecular complexity index is 751. The molecular weight excluding hydrogens is 258 g/mol. The highest BCUT2D eigenvalue weighted by Gasteiger charge is 2.12. The average Bonchev–Trinajstić information content (AvgIpc) is 2.55. The lowest BCUT2D eigenvalue weighted by atomic mass is 9.93. The van der Waals surface area contributed by atoms with Crippen LogP contribution in [0, 0.1) is 0 Å². The Morgan fingerprint density at radius 3 is 2.24 bits per heavy atom. The summed E-state index contributed by atoms with van der Waals surface area (Å²) in [7, 11) is 0. The van der Waals surface area contributed by atoms with Gasteiger partial charge in [0, 0.05) is 12.1 Å². The van der Waals surface area contributed by atoms with Gasteiger partial charge in [0.05, 0.1) is 0 Å². The van der Waals surface area contributed by atoms with Crippen LogP contribution in [0.15, 0.2) is 72.8 Å². The fourth-order valence-corrected chi connectivity index (χ4v) is 2.56. The Morgan fingerprint density at radius 2 is 1.48 bits per heavy atom. The van der Waals surface area contributed by atoms with Gasteiger partial charge in [-0.25, -0.2) is 0 Å². The lowest BCUT2D eigenvalue weighted by Crippen LogP contribution is -1.96. The first-order chi connectivity index (χ1) is 10.3. The number of benzene rings is 3. The van der Waals surface area contributed by atoms with Gasteiger partial charge < -0.3 is 10.8 Å². The van der Waals surface area contributed by atoms with Crippen LogP contribution in [-0.2, 0) is 6.54 Å². The van der Waals surface area contributed by atoms with E-state index in [1.54, 1.807) is 6.07 Å². The molecule has 2 heteroatoms. The van der Waals surface area contributed by atoms with E-state index in [1.807, 2.05) is 66.7 Å². The van der Waals surface area contributed by atoms with Crippen molar-refractivity contribution in [1.29, 1.82) is 0 Å². The first-order valence-corrected chi connectivity index (χ1v) is 6.96. The zero-order valence-electron chi connectivity index (χ0n) is 11.7. The fourth-order valence-electron chi connectivity index (χ4n) is 2.56. The highest BCUT2D eigenvalue weighted by atomic mass is 16.3. The van der Waals surface area contributed by atoms with Crippen molar-refractivity contribution in [2.75, 3.05) is 0 Å². The zero-order valence-corrected chi connectivity index (χ0v) is 11.7. The summed E-state index contributed by atoms with van der Waals surface area (Å²) >= 11 is 0. The monoisotopic (exact) mass is 275 g/mol. The van der Waals surface area contributed by atoms with Gasteiger partial charge in [-0.3, -0.25) is 0 Å². The minimum Gasteiger partial charge on any atom is -0.507 e. The third-order valence-electron chi connectivity index (χ3n) is 3.58. The second-order valence-corrected chi connectivity index (χ2v) is 4.97. The van der Waals surface area contributed by atoms with Gasteiger partial charge >= 0.3 is 0 Å². The second kappa shape index (κ2) is 5.81. The van der Waals surface area contributed by atoms with Crippen molar-refractivity contribution in [3.8, 4) is 28.0 Å². The second-order valence-electron chi connectivity index (χ2n) is 4.97. The predicted octanol–water partition coefficient (Wildman–Crippen LogP) is 4.18. The van der Waals surface area contributed by atoms with E-state index in [2.05, 4.69) is 0 Å². The summed E-state index contributed by atoms with van der Waals surface area (Å²) in [6.45, 7) is 0.488. The Kier molecular flexibility index (Phi) is 3.71. The van der Waals surface area contributed by atoms with Crippen molar-refractivity contribution in [1.82, 2.24) is 0 Å². The maximum atomic E-state index is 10.3. The number of phenolic OH excluding ortho intramolecular Hbond substituents is 1. The Balaban J connectivity index is 2.22. The smallest absolute Gasteiger partial charge is 0.124 e. The van der Waals surface area contributed by atoms with Crippen LogP contribution >= 0.6 is 0 Å². The molecule has 0 heterocycles. The molecule has 0 radical (unpaired) electrons. The SMILES string of the molecule is NCc1cccc(-c2c(O)cccc2-c2ccccc2)c1. The Labute approximate surface area is 124 Å². The molecule has 0 aliphatic heterocycles. The molecule has 0 unspecified atom stereocenters. The molecule has 3 aromatic carbocycles. The van der Waals surface area contributed by atoms with Crippen molar-refractivity contribution in [3.05, 3.63) is 78.4 Å². The third-order valence-corrected chi connectivity index (χ3v) is 3.58. The Morgan fingerprint density at radius 1 is 0.762 bits per heavy atom. The molecule has 3 rings (SSSR count). The fraction of sp³-hybridized carbons (Fsp3) is 0.0526. The van der Waals surface area contributed by atoms with Crippen LogP contribution in [0.4, 0.5) is 0 Å². The van der Waals surface area contributed by atoms with E-state index < -0.39 is 0 Å². The number of rotatable bonds is 3. The summed E-state index contributed by atoms with van der Waals surface area (Å²) in [5.74, 6) is 0.283. The molecule has 0 spiro atoms. The van der Waals surface area contributed by atoms with Crippen LogP contribution in [0.2, 0.25) is 0 Å². The van der Waals surface area contributed by atoms with Gasteiger partial charge in [0.2, 0.25) is 0 Å². The van der Waals surface area contributed by atoms with Gasteiger partial charge in [-0.2, -0.15) is 0 Å². The highest BCUT2D eigenvalue weighted by Crippen LogP contribution is 2.38. The van der Waals surface area contributed by atoms with Crippen molar-refractivity contribution >= 4 is 0 Å². The number of aromatic hydroxyl groups is 1. The molecule has 21 heavy (non-hydrogen) atoms. The van der Waals surface area contributed by atoms with Gasteiger partial charge in [0.15, 0.2) is 0 Å². The lowest BCUT2D eigenvalue weighted by Gasteiger charge is -2.13. The molecule has 2 nitrogen and oxygen atoms in total. The summed E-state index contributed by atoms with van der Waals surface area (Å²) in [5, 5.41) is 10.3. The topological polar surface area (TPSA) is 46.2 Å². The number of nitrogens with two attached hydrogens (primary N) is 1. The summed E-state index contributed by atoms with van der Waals surface area (Å²) < 4.78 is 0. The molecule has 0 amide bonds. The first kappa shape index (κ1) is 13.4. The van der Waals surface area contributed by atoms with Crippen LogP contribution < -0.4 is 5.73 Å². The number of hydrogen-bond acceptors (Lipinski definition) is 2. The van der Waals surface area contributed by atoms with E-state index in [0.717, 1.165) is 27.8 Å². The minimum atomic E-state index is 0.283. The largest absolute Gasteiger partial charge is 0.507 e. The van der Waals surface area contributed by atoms with Crippen molar-refractivity contribution in [2.45, 2.75) is 6.54 Å². The van der Waals surface area contributed by atoms with Gasteiger partial charge in [-0.05, 0) is 34.4 Å². The quantitative estimate of drug-likeness (QED) is 0.753. The highest BCUT2D eigenvalue weighted by molar-refractivity contribution is 5.87. The summed E-state index contributed by atoms with van der Waals surface area (Å²) in [5.41, 5.74) is 10.7. The maximum absolute atomic E-state index is 10.3. The first-order valence-electron chi connectivity index (χ1n) is 6.96. The molecule has 0 aliphatic carbocycles. The van der Waals surface area contributed by atoms with E-state index in [0.29, 0.717) is 6.54 Å². The van der Waals surface area contributed by atoms with Crippen molar-refractivity contribution < 1.29 is 5.11 Å². The van der Waals surface area contributed by atoms with E-state index in [1.165, 1.54) is 0 Å². The minimum absolute atomic E-state index is 0.283. The van der Waals surface area contributed by atoms with Crippen molar-refractivity contribution in [2.24, 2.45) is 5.73 Å². The molecule has 104 valence electrons. The van der Waals surface area contributed by atoms with Crippen molar-refractivity contribution in [3.63, 3.8) is 0 Å². The van der Waals surface area contributed by atoms with Crippen LogP contribution in [0.25, 0.3) is 22.3 Å². The molecule has 0 saturated heterocycles. The molecule has 0 aliphatic rings. The van der Waals surface area contributed by atoms with Crippen LogP contribution in [0.5, 0.6) is 5.75 Å². The average molecular weight is 275 g/mol. The van der Waals surface area contributed by atoms with Crippen LogP contribution in [0.1, 0.15) is 5.56 Å². The van der Waals surface area contributed by atoms with E-state index in [9.17, 15) is 5.11 Å². The molecular formula is C19H17NO. The lowest BCUT2D eigenvalue weighted by molar-refractivity contribution is 0.477. The standard InChI is InChI=1S/C19H17NO/c20-13-14-6-4-9-16(12-14)19-17(10-5-11-18(19)21)15-7-2-1-3-8-15/h1-12,21H,13,20H2. The maximum Gasteiger partial charge on any atom is 0.124 e. The molecule has 0 atom stereocenters. The van der Waals surface area contributed by atoms with E-state index in [-0.39, 0.29) is 5.75 Å². The Hall–Kier alpha value is -2.58. The molecule has 0 bridgehead atoms. The summed E-state index contributed by atoms with van der Waals surface area (Å²) in [4.78, 5) is 0. The van der Waals surface area contributed by atoms with E-state index in [4.69, 9.17) is 5.73 Å². The number of hydrogen-bond donors (Lipinski definition) is 2. The third kappa shape index (κ3) is 2.67. The van der Waals surface area contributed by atoms with Gasteiger partial charge in [-0.15, -0.1) is 0 Å². The van der Waals surface area contributed by atoms with E-state index >= 15 is 0 Å². The molecule has 3 aromatic rings. The van der Waals surface area contributed by atoms with Crippen LogP contribution in [-0.4, -0.2) is 5.11 Å². The molecule has 0 aromatic heterocycles. The van der Waals surface area contributed by atoms with Gasteiger partial charge in [-0.1, -0.05) is 60.7 Å². The molecule has 0 saturated carbocycles. The number of phenols is 1. The normalized spacial score (nSPS) is 10.5.